The lowest BCUT2D eigenvalue weighted by molar-refractivity contribution is 0.414. The Morgan fingerprint density at radius 3 is 2.88 bits per heavy atom. The van der Waals surface area contributed by atoms with Gasteiger partial charge in [-0.2, -0.15) is 0 Å². The van der Waals surface area contributed by atoms with Crippen LogP contribution in [0.2, 0.25) is 0 Å². The molecule has 4 rings (SSSR count). The summed E-state index contributed by atoms with van der Waals surface area (Å²) in [4.78, 5) is 15.9. The fourth-order valence-electron chi connectivity index (χ4n) is 2.47. The zero-order valence-corrected chi connectivity index (χ0v) is 14.5. The largest absolute Gasteiger partial charge is 0.497 e. The maximum absolute atomic E-state index is 11.8. The first-order valence-corrected chi connectivity index (χ1v) is 8.69. The fourth-order valence-corrected chi connectivity index (χ4v) is 3.22. The van der Waals surface area contributed by atoms with Crippen molar-refractivity contribution in [3.05, 3.63) is 64.8 Å². The Balaban J connectivity index is 1.58. The highest BCUT2D eigenvalue weighted by Gasteiger charge is 2.12. The van der Waals surface area contributed by atoms with E-state index >= 15 is 0 Å². The van der Waals surface area contributed by atoms with Crippen molar-refractivity contribution < 1.29 is 13.6 Å². The Morgan fingerprint density at radius 2 is 2.08 bits per heavy atom. The van der Waals surface area contributed by atoms with E-state index in [9.17, 15) is 4.79 Å². The minimum atomic E-state index is -0.414. The molecule has 0 radical (unpaired) electrons. The normalized spacial score (nSPS) is 11.0. The van der Waals surface area contributed by atoms with Gasteiger partial charge >= 0.3 is 5.63 Å². The molecule has 0 bridgehead atoms. The van der Waals surface area contributed by atoms with Crippen molar-refractivity contribution in [3.63, 3.8) is 0 Å². The summed E-state index contributed by atoms with van der Waals surface area (Å²) in [7, 11) is 1.56. The van der Waals surface area contributed by atoms with Gasteiger partial charge in [0, 0.05) is 35.7 Å². The van der Waals surface area contributed by atoms with Crippen LogP contribution in [0.1, 0.15) is 5.56 Å². The van der Waals surface area contributed by atoms with Gasteiger partial charge in [0.05, 0.1) is 12.7 Å². The van der Waals surface area contributed by atoms with Gasteiger partial charge in [-0.05, 0) is 29.8 Å². The Labute approximate surface area is 152 Å². The minimum Gasteiger partial charge on any atom is -0.497 e. The Bertz CT molecular complexity index is 1110. The summed E-state index contributed by atoms with van der Waals surface area (Å²) in [6.07, 6.45) is 3.34. The van der Waals surface area contributed by atoms with Gasteiger partial charge in [0.2, 0.25) is 5.89 Å². The zero-order valence-electron chi connectivity index (χ0n) is 13.7. The molecule has 130 valence electrons. The summed E-state index contributed by atoms with van der Waals surface area (Å²) >= 11 is 1.35. The quantitative estimate of drug-likeness (QED) is 0.391. The Hall–Kier alpha value is -3.13. The molecule has 0 unspecified atom stereocenters. The van der Waals surface area contributed by atoms with Crippen molar-refractivity contribution in [1.82, 2.24) is 15.2 Å². The lowest BCUT2D eigenvalue weighted by Gasteiger charge is -2.05. The first-order valence-electron chi connectivity index (χ1n) is 7.70. The predicted octanol–water partition coefficient (Wildman–Crippen LogP) is 3.54. The molecule has 0 fully saturated rings. The molecule has 0 saturated carbocycles. The standard InChI is InChI=1S/C18H13N3O4S/c1-23-13-4-5-14-12(7-16(22)24-15(14)8-13)10-26-18-21-20-17(25-18)11-3-2-6-19-9-11/h2-9H,10H2,1H3. The lowest BCUT2D eigenvalue weighted by atomic mass is 10.1. The van der Waals surface area contributed by atoms with Gasteiger partial charge in [-0.25, -0.2) is 4.79 Å². The summed E-state index contributed by atoms with van der Waals surface area (Å²) in [5.74, 6) is 1.52. The van der Waals surface area contributed by atoms with Gasteiger partial charge in [-0.1, -0.05) is 11.8 Å². The number of pyridine rings is 1. The monoisotopic (exact) mass is 367 g/mol. The molecule has 0 aliphatic carbocycles. The summed E-state index contributed by atoms with van der Waals surface area (Å²) in [5, 5.41) is 9.31. The van der Waals surface area contributed by atoms with E-state index in [-0.39, 0.29) is 0 Å². The Kier molecular flexibility index (Phi) is 4.40. The molecule has 8 heteroatoms. The number of ether oxygens (including phenoxy) is 1. The molecule has 3 heterocycles. The van der Waals surface area contributed by atoms with Crippen LogP contribution in [-0.2, 0) is 5.75 Å². The second kappa shape index (κ2) is 7.01. The van der Waals surface area contributed by atoms with Crippen LogP contribution in [0.5, 0.6) is 5.75 Å². The van der Waals surface area contributed by atoms with Crippen LogP contribution in [0.15, 0.2) is 67.6 Å². The number of fused-ring (bicyclic) bond motifs is 1. The molecule has 0 aliphatic heterocycles. The highest BCUT2D eigenvalue weighted by Crippen LogP contribution is 2.29. The molecule has 0 spiro atoms. The average molecular weight is 367 g/mol. The number of hydrogen-bond donors (Lipinski definition) is 0. The number of hydrogen-bond acceptors (Lipinski definition) is 8. The molecule has 0 aliphatic rings. The van der Waals surface area contributed by atoms with E-state index in [1.807, 2.05) is 18.2 Å². The van der Waals surface area contributed by atoms with E-state index in [2.05, 4.69) is 15.2 Å². The van der Waals surface area contributed by atoms with E-state index in [4.69, 9.17) is 13.6 Å². The van der Waals surface area contributed by atoms with Crippen molar-refractivity contribution in [1.29, 1.82) is 0 Å². The Morgan fingerprint density at radius 1 is 1.15 bits per heavy atom. The number of benzene rings is 1. The number of thioether (sulfide) groups is 1. The molecular formula is C18H13N3O4S. The third-order valence-corrected chi connectivity index (χ3v) is 4.57. The smallest absolute Gasteiger partial charge is 0.336 e. The van der Waals surface area contributed by atoms with E-state index in [0.717, 1.165) is 16.5 Å². The third kappa shape index (κ3) is 3.31. The predicted molar refractivity (Wildman–Crippen MR) is 96.1 cm³/mol. The van der Waals surface area contributed by atoms with Gasteiger partial charge in [-0.3, -0.25) is 4.98 Å². The fraction of sp³-hybridized carbons (Fsp3) is 0.111. The summed E-state index contributed by atoms with van der Waals surface area (Å²) < 4.78 is 16.1. The average Bonchev–Trinajstić information content (AvgIpc) is 3.15. The first-order chi connectivity index (χ1) is 12.7. The number of rotatable bonds is 5. The van der Waals surface area contributed by atoms with E-state index in [1.54, 1.807) is 31.6 Å². The van der Waals surface area contributed by atoms with E-state index in [1.165, 1.54) is 17.8 Å². The maximum atomic E-state index is 11.8. The second-order valence-electron chi connectivity index (χ2n) is 5.36. The number of methoxy groups -OCH3 is 1. The number of nitrogens with zero attached hydrogens (tertiary/aromatic N) is 3. The van der Waals surface area contributed by atoms with Crippen molar-refractivity contribution in [2.24, 2.45) is 0 Å². The van der Waals surface area contributed by atoms with Crippen LogP contribution in [0.25, 0.3) is 22.4 Å². The highest BCUT2D eigenvalue weighted by molar-refractivity contribution is 7.98. The molecule has 0 amide bonds. The van der Waals surface area contributed by atoms with Crippen LogP contribution < -0.4 is 10.4 Å². The zero-order chi connectivity index (χ0) is 17.9. The van der Waals surface area contributed by atoms with Gasteiger partial charge in [-0.15, -0.1) is 10.2 Å². The second-order valence-corrected chi connectivity index (χ2v) is 6.28. The molecule has 3 aromatic heterocycles. The van der Waals surface area contributed by atoms with Crippen molar-refractivity contribution in [3.8, 4) is 17.2 Å². The van der Waals surface area contributed by atoms with Crippen LogP contribution in [-0.4, -0.2) is 22.3 Å². The highest BCUT2D eigenvalue weighted by atomic mass is 32.2. The van der Waals surface area contributed by atoms with Crippen molar-refractivity contribution in [2.45, 2.75) is 11.0 Å². The topological polar surface area (TPSA) is 91.3 Å². The molecule has 1 aromatic carbocycles. The molecule has 0 atom stereocenters. The summed E-state index contributed by atoms with van der Waals surface area (Å²) in [6, 6.07) is 10.5. The SMILES string of the molecule is COc1ccc2c(CSc3nnc(-c4cccnc4)o3)cc(=O)oc2c1. The third-order valence-electron chi connectivity index (χ3n) is 3.70. The van der Waals surface area contributed by atoms with Crippen LogP contribution in [0, 0.1) is 0 Å². The van der Waals surface area contributed by atoms with E-state index < -0.39 is 5.63 Å². The van der Waals surface area contributed by atoms with Gasteiger partial charge in [0.15, 0.2) is 0 Å². The molecule has 26 heavy (non-hydrogen) atoms. The van der Waals surface area contributed by atoms with Crippen LogP contribution >= 0.6 is 11.8 Å². The van der Waals surface area contributed by atoms with Crippen LogP contribution in [0.3, 0.4) is 0 Å². The van der Waals surface area contributed by atoms with E-state index in [0.29, 0.717) is 28.2 Å². The van der Waals surface area contributed by atoms with Crippen molar-refractivity contribution >= 4 is 22.7 Å². The molecular weight excluding hydrogens is 354 g/mol. The summed E-state index contributed by atoms with van der Waals surface area (Å²) in [6.45, 7) is 0. The first kappa shape index (κ1) is 16.3. The van der Waals surface area contributed by atoms with Gasteiger partial charge in [0.1, 0.15) is 11.3 Å². The lowest BCUT2D eigenvalue weighted by Crippen LogP contribution is -2.00. The molecule has 0 saturated heterocycles. The molecule has 7 nitrogen and oxygen atoms in total. The van der Waals surface area contributed by atoms with Gasteiger partial charge in [0.25, 0.3) is 5.22 Å². The van der Waals surface area contributed by atoms with Crippen molar-refractivity contribution in [2.75, 3.05) is 7.11 Å². The molecule has 0 N–H and O–H groups in total. The van der Waals surface area contributed by atoms with Gasteiger partial charge < -0.3 is 13.6 Å². The molecule has 4 aromatic rings. The maximum Gasteiger partial charge on any atom is 0.336 e. The summed E-state index contributed by atoms with van der Waals surface area (Å²) in [5.41, 5.74) is 1.65. The van der Waals surface area contributed by atoms with Crippen LogP contribution in [0.4, 0.5) is 0 Å². The number of aromatic nitrogens is 3. The minimum absolute atomic E-state index is 0.405.